The number of hydrogen-bond acceptors (Lipinski definition) is 3. The molecule has 1 aromatic carbocycles. The van der Waals surface area contributed by atoms with E-state index in [0.29, 0.717) is 31.5 Å². The van der Waals surface area contributed by atoms with Crippen molar-refractivity contribution in [3.05, 3.63) is 35.9 Å². The van der Waals surface area contributed by atoms with Gasteiger partial charge in [0.25, 0.3) is 0 Å². The van der Waals surface area contributed by atoms with Crippen LogP contribution in [0.15, 0.2) is 30.3 Å². The van der Waals surface area contributed by atoms with Crippen molar-refractivity contribution in [2.45, 2.75) is 45.4 Å². The molecular weight excluding hydrogens is 316 g/mol. The Hall–Kier alpha value is -2.17. The molecule has 0 spiro atoms. The van der Waals surface area contributed by atoms with Gasteiger partial charge >= 0.3 is 0 Å². The summed E-state index contributed by atoms with van der Waals surface area (Å²) in [4.78, 5) is 38.2. The number of ketones is 1. The first-order valence-corrected chi connectivity index (χ1v) is 9.25. The second-order valence-corrected chi connectivity index (χ2v) is 6.59. The smallest absolute Gasteiger partial charge is 0.223 e. The highest BCUT2D eigenvalue weighted by Crippen LogP contribution is 2.18. The quantitative estimate of drug-likeness (QED) is 0.582. The van der Waals surface area contributed by atoms with Crippen LogP contribution in [0.3, 0.4) is 0 Å². The number of benzene rings is 1. The van der Waals surface area contributed by atoms with E-state index in [2.05, 4.69) is 12.2 Å². The molecule has 0 aromatic heterocycles. The Kier molecular flexibility index (Phi) is 7.64. The first kappa shape index (κ1) is 19.2. The standard InChI is InChI=1S/C20H28N2O3/c1-2-3-13-21-20(25)17-11-14-22(15-12-17)19(24)10-9-18(23)16-7-5-4-6-8-16/h4-8,17H,2-3,9-15H2,1H3,(H,21,25). The number of carbonyl (C=O) groups excluding carboxylic acids is 3. The fourth-order valence-corrected chi connectivity index (χ4v) is 3.07. The molecule has 2 amide bonds. The molecule has 5 nitrogen and oxygen atoms in total. The molecule has 1 aliphatic rings. The number of piperidine rings is 1. The van der Waals surface area contributed by atoms with E-state index in [0.717, 1.165) is 19.4 Å². The Balaban J connectivity index is 1.70. The van der Waals surface area contributed by atoms with E-state index in [-0.39, 0.29) is 36.4 Å². The molecule has 1 N–H and O–H groups in total. The Morgan fingerprint density at radius 1 is 1.08 bits per heavy atom. The third kappa shape index (κ3) is 6.00. The maximum Gasteiger partial charge on any atom is 0.223 e. The van der Waals surface area contributed by atoms with Crippen molar-refractivity contribution in [3.8, 4) is 0 Å². The van der Waals surface area contributed by atoms with E-state index in [4.69, 9.17) is 0 Å². The summed E-state index contributed by atoms with van der Waals surface area (Å²) in [6, 6.07) is 9.06. The van der Waals surface area contributed by atoms with Gasteiger partial charge in [0.2, 0.25) is 11.8 Å². The maximum atomic E-state index is 12.3. The average molecular weight is 344 g/mol. The number of Topliss-reactive ketones (excluding diaryl/α,β-unsaturated/α-hetero) is 1. The molecular formula is C20H28N2O3. The van der Waals surface area contributed by atoms with E-state index in [1.807, 2.05) is 18.2 Å². The topological polar surface area (TPSA) is 66.5 Å². The Morgan fingerprint density at radius 3 is 2.40 bits per heavy atom. The summed E-state index contributed by atoms with van der Waals surface area (Å²) in [5.74, 6) is 0.125. The van der Waals surface area contributed by atoms with Gasteiger partial charge in [-0.15, -0.1) is 0 Å². The number of carbonyl (C=O) groups is 3. The van der Waals surface area contributed by atoms with Crippen molar-refractivity contribution >= 4 is 17.6 Å². The van der Waals surface area contributed by atoms with Gasteiger partial charge in [0, 0.05) is 44.0 Å². The number of amides is 2. The zero-order valence-electron chi connectivity index (χ0n) is 15.0. The SMILES string of the molecule is CCCCNC(=O)C1CCN(C(=O)CCC(=O)c2ccccc2)CC1. The first-order valence-electron chi connectivity index (χ1n) is 9.25. The van der Waals surface area contributed by atoms with E-state index in [9.17, 15) is 14.4 Å². The van der Waals surface area contributed by atoms with Gasteiger partial charge in [0.15, 0.2) is 5.78 Å². The molecule has 1 aliphatic heterocycles. The maximum absolute atomic E-state index is 12.3. The lowest BCUT2D eigenvalue weighted by atomic mass is 9.95. The van der Waals surface area contributed by atoms with Gasteiger partial charge in [-0.25, -0.2) is 0 Å². The van der Waals surface area contributed by atoms with Gasteiger partial charge in [0.05, 0.1) is 0 Å². The second kappa shape index (κ2) is 9.97. The number of likely N-dealkylation sites (tertiary alicyclic amines) is 1. The molecule has 2 rings (SSSR count). The van der Waals surface area contributed by atoms with Crippen LogP contribution in [0.5, 0.6) is 0 Å². The number of rotatable bonds is 8. The molecule has 1 saturated heterocycles. The van der Waals surface area contributed by atoms with Crippen molar-refractivity contribution in [2.75, 3.05) is 19.6 Å². The van der Waals surface area contributed by atoms with Crippen molar-refractivity contribution in [1.29, 1.82) is 0 Å². The van der Waals surface area contributed by atoms with Crippen molar-refractivity contribution in [1.82, 2.24) is 10.2 Å². The Morgan fingerprint density at radius 2 is 1.76 bits per heavy atom. The Bertz CT molecular complexity index is 578. The molecule has 0 bridgehead atoms. The Labute approximate surface area is 149 Å². The fraction of sp³-hybridized carbons (Fsp3) is 0.550. The molecule has 136 valence electrons. The van der Waals surface area contributed by atoms with Crippen molar-refractivity contribution in [2.24, 2.45) is 5.92 Å². The minimum atomic E-state index is -0.000798. The molecule has 1 aromatic rings. The lowest BCUT2D eigenvalue weighted by Crippen LogP contribution is -2.43. The predicted molar refractivity (Wildman–Crippen MR) is 97.2 cm³/mol. The highest BCUT2D eigenvalue weighted by molar-refractivity contribution is 5.97. The minimum Gasteiger partial charge on any atom is -0.356 e. The minimum absolute atomic E-state index is 0.000798. The molecule has 1 heterocycles. The van der Waals surface area contributed by atoms with Gasteiger partial charge in [-0.2, -0.15) is 0 Å². The van der Waals surface area contributed by atoms with Crippen LogP contribution >= 0.6 is 0 Å². The van der Waals surface area contributed by atoms with E-state index in [1.54, 1.807) is 17.0 Å². The zero-order chi connectivity index (χ0) is 18.1. The molecule has 0 radical (unpaired) electrons. The first-order chi connectivity index (χ1) is 12.1. The molecule has 25 heavy (non-hydrogen) atoms. The normalized spacial score (nSPS) is 15.0. The van der Waals surface area contributed by atoms with Crippen LogP contribution in [0, 0.1) is 5.92 Å². The summed E-state index contributed by atoms with van der Waals surface area (Å²) >= 11 is 0. The highest BCUT2D eigenvalue weighted by atomic mass is 16.2. The predicted octanol–water partition coefficient (Wildman–Crippen LogP) is 2.80. The fourth-order valence-electron chi connectivity index (χ4n) is 3.07. The van der Waals surface area contributed by atoms with Crippen LogP contribution in [0.1, 0.15) is 55.8 Å². The number of nitrogens with zero attached hydrogens (tertiary/aromatic N) is 1. The van der Waals surface area contributed by atoms with Gasteiger partial charge in [-0.05, 0) is 19.3 Å². The van der Waals surface area contributed by atoms with Crippen LogP contribution in [-0.4, -0.2) is 42.1 Å². The van der Waals surface area contributed by atoms with Crippen LogP contribution in [0.25, 0.3) is 0 Å². The van der Waals surface area contributed by atoms with Crippen LogP contribution in [0.2, 0.25) is 0 Å². The summed E-state index contributed by atoms with van der Waals surface area (Å²) in [5, 5.41) is 2.97. The molecule has 1 fully saturated rings. The van der Waals surface area contributed by atoms with Crippen LogP contribution in [-0.2, 0) is 9.59 Å². The lowest BCUT2D eigenvalue weighted by Gasteiger charge is -2.31. The van der Waals surface area contributed by atoms with E-state index >= 15 is 0 Å². The largest absolute Gasteiger partial charge is 0.356 e. The molecule has 5 heteroatoms. The van der Waals surface area contributed by atoms with Gasteiger partial charge in [-0.1, -0.05) is 43.7 Å². The molecule has 0 atom stereocenters. The van der Waals surface area contributed by atoms with Crippen LogP contribution in [0.4, 0.5) is 0 Å². The van der Waals surface area contributed by atoms with E-state index in [1.165, 1.54) is 0 Å². The van der Waals surface area contributed by atoms with Crippen molar-refractivity contribution in [3.63, 3.8) is 0 Å². The van der Waals surface area contributed by atoms with Gasteiger partial charge in [0.1, 0.15) is 0 Å². The average Bonchev–Trinajstić information content (AvgIpc) is 2.66. The van der Waals surface area contributed by atoms with E-state index < -0.39 is 0 Å². The molecule has 0 unspecified atom stereocenters. The number of unbranched alkanes of at least 4 members (excludes halogenated alkanes) is 1. The van der Waals surface area contributed by atoms with Gasteiger partial charge < -0.3 is 10.2 Å². The summed E-state index contributed by atoms with van der Waals surface area (Å²) in [6.45, 7) is 4.03. The second-order valence-electron chi connectivity index (χ2n) is 6.59. The van der Waals surface area contributed by atoms with Crippen LogP contribution < -0.4 is 5.32 Å². The van der Waals surface area contributed by atoms with Gasteiger partial charge in [-0.3, -0.25) is 14.4 Å². The molecule has 0 saturated carbocycles. The number of hydrogen-bond donors (Lipinski definition) is 1. The highest BCUT2D eigenvalue weighted by Gasteiger charge is 2.27. The third-order valence-corrected chi connectivity index (χ3v) is 4.71. The van der Waals surface area contributed by atoms with Crippen molar-refractivity contribution < 1.29 is 14.4 Å². The molecule has 0 aliphatic carbocycles. The monoisotopic (exact) mass is 344 g/mol. The summed E-state index contributed by atoms with van der Waals surface area (Å²) in [6.07, 6.45) is 3.95. The summed E-state index contributed by atoms with van der Waals surface area (Å²) in [5.41, 5.74) is 0.651. The summed E-state index contributed by atoms with van der Waals surface area (Å²) in [7, 11) is 0. The number of nitrogens with one attached hydrogen (secondary N) is 1. The zero-order valence-corrected chi connectivity index (χ0v) is 15.0. The third-order valence-electron chi connectivity index (χ3n) is 4.71. The lowest BCUT2D eigenvalue weighted by molar-refractivity contribution is -0.135. The summed E-state index contributed by atoms with van der Waals surface area (Å²) < 4.78 is 0.